The van der Waals surface area contributed by atoms with Crippen LogP contribution in [0.25, 0.3) is 0 Å². The molecule has 1 aliphatic heterocycles. The second-order valence-corrected chi connectivity index (χ2v) is 8.89. The van der Waals surface area contributed by atoms with Gasteiger partial charge in [-0.25, -0.2) is 0 Å². The number of nitrogens with zero attached hydrogens (tertiary/aromatic N) is 2. The molecule has 154 valence electrons. The van der Waals surface area contributed by atoms with Crippen LogP contribution in [0, 0.1) is 5.92 Å². The minimum atomic E-state index is -0.902. The number of halogens is 2. The maximum Gasteiger partial charge on any atom is 0.327 e. The van der Waals surface area contributed by atoms with Gasteiger partial charge in [-0.15, -0.1) is 0 Å². The number of carbonyl (C=O) groups is 2. The normalized spacial score (nSPS) is 26.6. The van der Waals surface area contributed by atoms with Gasteiger partial charge in [0.15, 0.2) is 0 Å². The van der Waals surface area contributed by atoms with E-state index in [1.807, 2.05) is 0 Å². The SMILES string of the molecule is COCN1[C@H](C(=O)N(F)Cc2cccc(Cl)c2)C[C@@H]2C[C@@]21C(=O)OC(C)(C)C. The molecule has 0 N–H and O–H groups in total. The van der Waals surface area contributed by atoms with E-state index in [2.05, 4.69) is 0 Å². The molecule has 6 nitrogen and oxygen atoms in total. The van der Waals surface area contributed by atoms with Gasteiger partial charge in [0.2, 0.25) is 0 Å². The van der Waals surface area contributed by atoms with Gasteiger partial charge in [0.05, 0.1) is 12.6 Å². The van der Waals surface area contributed by atoms with E-state index in [4.69, 9.17) is 21.1 Å². The van der Waals surface area contributed by atoms with Gasteiger partial charge in [0, 0.05) is 12.1 Å². The second-order valence-electron chi connectivity index (χ2n) is 8.45. The van der Waals surface area contributed by atoms with Crippen molar-refractivity contribution in [3.05, 3.63) is 34.9 Å². The lowest BCUT2D eigenvalue weighted by Gasteiger charge is -2.33. The molecule has 8 heteroatoms. The van der Waals surface area contributed by atoms with Crippen LogP contribution >= 0.6 is 11.6 Å². The van der Waals surface area contributed by atoms with E-state index >= 15 is 0 Å². The maximum atomic E-state index is 14.7. The van der Waals surface area contributed by atoms with Gasteiger partial charge in [-0.1, -0.05) is 28.2 Å². The second kappa shape index (κ2) is 7.61. The van der Waals surface area contributed by atoms with Crippen molar-refractivity contribution in [1.82, 2.24) is 10.0 Å². The number of esters is 1. The molecular formula is C20H26ClFN2O4. The van der Waals surface area contributed by atoms with E-state index in [1.54, 1.807) is 49.9 Å². The predicted molar refractivity (Wildman–Crippen MR) is 102 cm³/mol. The Morgan fingerprint density at radius 3 is 2.71 bits per heavy atom. The average Bonchev–Trinajstić information content (AvgIpc) is 3.23. The lowest BCUT2D eigenvalue weighted by molar-refractivity contribution is -0.170. The minimum Gasteiger partial charge on any atom is -0.459 e. The Morgan fingerprint density at radius 1 is 1.39 bits per heavy atom. The Bertz CT molecular complexity index is 769. The summed E-state index contributed by atoms with van der Waals surface area (Å²) in [6, 6.07) is 5.94. The van der Waals surface area contributed by atoms with E-state index < -0.39 is 23.1 Å². The highest BCUT2D eigenvalue weighted by Gasteiger charge is 2.72. The van der Waals surface area contributed by atoms with Crippen LogP contribution in [0.3, 0.4) is 0 Å². The first-order chi connectivity index (χ1) is 13.1. The van der Waals surface area contributed by atoms with Crippen molar-refractivity contribution in [3.8, 4) is 0 Å². The van der Waals surface area contributed by atoms with E-state index in [9.17, 15) is 14.1 Å². The quantitative estimate of drug-likeness (QED) is 0.530. The number of methoxy groups -OCH3 is 1. The van der Waals surface area contributed by atoms with Crippen LogP contribution in [0.15, 0.2) is 24.3 Å². The highest BCUT2D eigenvalue weighted by molar-refractivity contribution is 6.30. The Hall–Kier alpha value is -1.70. The number of rotatable bonds is 6. The summed E-state index contributed by atoms with van der Waals surface area (Å²) in [4.78, 5) is 27.3. The van der Waals surface area contributed by atoms with E-state index in [1.165, 1.54) is 7.11 Å². The molecule has 1 amide bonds. The molecule has 1 saturated carbocycles. The number of likely N-dealkylation sites (tertiary alicyclic amines) is 1. The van der Waals surface area contributed by atoms with E-state index in [0.717, 1.165) is 0 Å². The molecule has 1 aliphatic carbocycles. The van der Waals surface area contributed by atoms with Crippen LogP contribution in [0.5, 0.6) is 0 Å². The smallest absolute Gasteiger partial charge is 0.327 e. The number of hydrogen-bond donors (Lipinski definition) is 0. The fourth-order valence-electron chi connectivity index (χ4n) is 3.97. The van der Waals surface area contributed by atoms with Crippen molar-refractivity contribution in [1.29, 1.82) is 0 Å². The fraction of sp³-hybridized carbons (Fsp3) is 0.600. The molecule has 28 heavy (non-hydrogen) atoms. The summed E-state index contributed by atoms with van der Waals surface area (Å²) >= 11 is 5.93. The summed E-state index contributed by atoms with van der Waals surface area (Å²) in [5.41, 5.74) is -0.953. The minimum absolute atomic E-state index is 0.0361. The summed E-state index contributed by atoms with van der Waals surface area (Å²) < 4.78 is 25.5. The maximum absolute atomic E-state index is 14.7. The molecule has 1 aromatic rings. The van der Waals surface area contributed by atoms with Gasteiger partial charge in [-0.2, -0.15) is 5.12 Å². The Morgan fingerprint density at radius 2 is 2.11 bits per heavy atom. The van der Waals surface area contributed by atoms with Crippen LogP contribution in [-0.4, -0.2) is 52.9 Å². The Kier molecular flexibility index (Phi) is 5.71. The molecule has 2 aliphatic rings. The van der Waals surface area contributed by atoms with Gasteiger partial charge < -0.3 is 9.47 Å². The molecule has 2 fully saturated rings. The van der Waals surface area contributed by atoms with Crippen LogP contribution in [0.4, 0.5) is 4.48 Å². The number of hydrogen-bond acceptors (Lipinski definition) is 5. The number of fused-ring (bicyclic) bond motifs is 1. The molecule has 1 saturated heterocycles. The first kappa shape index (κ1) is 21.0. The zero-order valence-corrected chi connectivity index (χ0v) is 17.3. The van der Waals surface area contributed by atoms with E-state index in [0.29, 0.717) is 23.4 Å². The van der Waals surface area contributed by atoms with Gasteiger partial charge in [-0.3, -0.25) is 14.5 Å². The average molecular weight is 413 g/mol. The van der Waals surface area contributed by atoms with Crippen molar-refractivity contribution < 1.29 is 23.5 Å². The first-order valence-electron chi connectivity index (χ1n) is 9.29. The molecule has 3 rings (SSSR count). The number of carbonyl (C=O) groups excluding carboxylic acids is 2. The van der Waals surface area contributed by atoms with Crippen molar-refractivity contribution in [2.24, 2.45) is 5.92 Å². The molecule has 1 heterocycles. The summed E-state index contributed by atoms with van der Waals surface area (Å²) in [7, 11) is 1.49. The number of ether oxygens (including phenoxy) is 2. The van der Waals surface area contributed by atoms with Crippen LogP contribution < -0.4 is 0 Å². The zero-order valence-electron chi connectivity index (χ0n) is 16.6. The molecule has 0 bridgehead atoms. The summed E-state index contributed by atoms with van der Waals surface area (Å²) in [5.74, 6) is -1.10. The number of amides is 1. The van der Waals surface area contributed by atoms with Crippen LogP contribution in [0.1, 0.15) is 39.2 Å². The number of benzene rings is 1. The molecular weight excluding hydrogens is 387 g/mol. The van der Waals surface area contributed by atoms with Gasteiger partial charge in [0.1, 0.15) is 17.9 Å². The highest BCUT2D eigenvalue weighted by Crippen LogP contribution is 2.59. The highest BCUT2D eigenvalue weighted by atomic mass is 35.5. The topological polar surface area (TPSA) is 59.1 Å². The monoisotopic (exact) mass is 412 g/mol. The first-order valence-corrected chi connectivity index (χ1v) is 9.67. The summed E-state index contributed by atoms with van der Waals surface area (Å²) in [6.07, 6.45) is 0.993. The van der Waals surface area contributed by atoms with Gasteiger partial charge >= 0.3 is 5.97 Å². The standard InChI is InChI=1S/C20H26ClFN2O4/c1-19(2,3)28-18(26)20-10-14(20)9-16(23(20)12-27-4)17(25)24(22)11-13-6-5-7-15(21)8-13/h5-8,14,16H,9-12H2,1-4H3/t14-,16+,20+/m1/s1. The molecule has 3 atom stereocenters. The molecule has 0 radical (unpaired) electrons. The Labute approximate surface area is 169 Å². The van der Waals surface area contributed by atoms with Crippen molar-refractivity contribution >= 4 is 23.5 Å². The lowest BCUT2D eigenvalue weighted by atomic mass is 10.1. The third kappa shape index (κ3) is 4.02. The van der Waals surface area contributed by atoms with Crippen LogP contribution in [0.2, 0.25) is 5.02 Å². The third-order valence-corrected chi connectivity index (χ3v) is 5.46. The zero-order chi connectivity index (χ0) is 20.7. The third-order valence-electron chi connectivity index (χ3n) is 5.22. The molecule has 0 spiro atoms. The Balaban J connectivity index is 1.75. The predicted octanol–water partition coefficient (Wildman–Crippen LogP) is 3.33. The van der Waals surface area contributed by atoms with E-state index in [-0.39, 0.29) is 30.3 Å². The van der Waals surface area contributed by atoms with Gasteiger partial charge in [0.25, 0.3) is 5.91 Å². The molecule has 0 unspecified atom stereocenters. The van der Waals surface area contributed by atoms with Crippen molar-refractivity contribution in [2.75, 3.05) is 13.8 Å². The number of piperidine rings is 1. The fourth-order valence-corrected chi connectivity index (χ4v) is 4.18. The van der Waals surface area contributed by atoms with Crippen LogP contribution in [-0.2, 0) is 25.6 Å². The van der Waals surface area contributed by atoms with Crippen molar-refractivity contribution in [2.45, 2.75) is 57.3 Å². The lowest BCUT2D eigenvalue weighted by Crippen LogP contribution is -2.53. The largest absolute Gasteiger partial charge is 0.459 e. The molecule has 1 aromatic carbocycles. The van der Waals surface area contributed by atoms with Gasteiger partial charge in [-0.05, 0) is 57.2 Å². The molecule has 0 aromatic heterocycles. The van der Waals surface area contributed by atoms with Crippen molar-refractivity contribution in [3.63, 3.8) is 0 Å². The summed E-state index contributed by atoms with van der Waals surface area (Å²) in [6.45, 7) is 5.24. The summed E-state index contributed by atoms with van der Waals surface area (Å²) in [5, 5.41) is 0.664.